The largest absolute Gasteiger partial charge is 0.468 e. The normalized spacial score (nSPS) is 18.5. The second kappa shape index (κ2) is 9.54. The number of rotatable bonds is 8. The summed E-state index contributed by atoms with van der Waals surface area (Å²) >= 11 is 0. The van der Waals surface area contributed by atoms with E-state index in [1.807, 2.05) is 42.6 Å². The molecule has 150 valence electrons. The van der Waals surface area contributed by atoms with E-state index < -0.39 is 0 Å². The van der Waals surface area contributed by atoms with Gasteiger partial charge in [0.1, 0.15) is 5.75 Å². The molecule has 1 N–H and O–H groups in total. The Balaban J connectivity index is 1.42. The van der Waals surface area contributed by atoms with Crippen molar-refractivity contribution in [2.75, 3.05) is 11.7 Å². The maximum Gasteiger partial charge on any atom is 0.189 e. The van der Waals surface area contributed by atoms with Crippen LogP contribution < -0.4 is 9.64 Å². The second-order valence-electron chi connectivity index (χ2n) is 7.29. The number of anilines is 2. The van der Waals surface area contributed by atoms with Crippen molar-refractivity contribution in [2.45, 2.75) is 38.0 Å². The fourth-order valence-corrected chi connectivity index (χ4v) is 3.60. The average molecular weight is 390 g/mol. The molecule has 2 aromatic carbocycles. The first-order valence-corrected chi connectivity index (χ1v) is 10.0. The van der Waals surface area contributed by atoms with E-state index in [0.717, 1.165) is 42.1 Å². The van der Waals surface area contributed by atoms with E-state index in [0.29, 0.717) is 6.42 Å². The number of hydrogen-bond acceptors (Lipinski definition) is 5. The minimum atomic E-state index is -0.233. The van der Waals surface area contributed by atoms with Gasteiger partial charge in [0.2, 0.25) is 0 Å². The van der Waals surface area contributed by atoms with Crippen LogP contribution in [0.4, 0.5) is 11.4 Å². The lowest BCUT2D eigenvalue weighted by atomic mass is 10.2. The SMILES string of the molecule is OC1CCC(OCOc2ccc(N(Cc3cccnc3)c3ccccc3)cc2)C1. The molecule has 1 aromatic heterocycles. The molecule has 0 radical (unpaired) electrons. The standard InChI is InChI=1S/C24H26N2O3/c27-22-10-13-24(15-22)29-18-28-23-11-8-21(9-12-23)26(20-6-2-1-3-7-20)17-19-5-4-14-25-16-19/h1-9,11-12,14,16,22,24,27H,10,13,15,17-18H2. The zero-order chi connectivity index (χ0) is 19.9. The third-order valence-corrected chi connectivity index (χ3v) is 5.17. The number of aliphatic hydroxyl groups excluding tert-OH is 1. The summed E-state index contributed by atoms with van der Waals surface area (Å²) in [6.07, 6.45) is 5.94. The first-order valence-electron chi connectivity index (χ1n) is 10.0. The van der Waals surface area contributed by atoms with Gasteiger partial charge in [-0.2, -0.15) is 0 Å². The van der Waals surface area contributed by atoms with E-state index in [1.165, 1.54) is 0 Å². The highest BCUT2D eigenvalue weighted by Gasteiger charge is 2.23. The smallest absolute Gasteiger partial charge is 0.189 e. The van der Waals surface area contributed by atoms with Crippen LogP contribution in [0.25, 0.3) is 0 Å². The van der Waals surface area contributed by atoms with E-state index in [-0.39, 0.29) is 19.0 Å². The topological polar surface area (TPSA) is 54.8 Å². The van der Waals surface area contributed by atoms with Crippen LogP contribution in [0.15, 0.2) is 79.1 Å². The first-order chi connectivity index (χ1) is 14.3. The van der Waals surface area contributed by atoms with Crippen LogP contribution in [0.5, 0.6) is 5.75 Å². The van der Waals surface area contributed by atoms with Gasteiger partial charge in [0.15, 0.2) is 6.79 Å². The fourth-order valence-electron chi connectivity index (χ4n) is 3.60. The Bertz CT molecular complexity index is 872. The molecule has 1 heterocycles. The van der Waals surface area contributed by atoms with Crippen LogP contribution in [-0.2, 0) is 11.3 Å². The Morgan fingerprint density at radius 2 is 1.72 bits per heavy atom. The maximum atomic E-state index is 9.57. The van der Waals surface area contributed by atoms with Gasteiger partial charge in [0, 0.05) is 30.3 Å². The maximum absolute atomic E-state index is 9.57. The second-order valence-corrected chi connectivity index (χ2v) is 7.29. The number of aliphatic hydroxyl groups is 1. The Morgan fingerprint density at radius 1 is 0.931 bits per heavy atom. The number of nitrogens with zero attached hydrogens (tertiary/aromatic N) is 2. The number of aromatic nitrogens is 1. The number of para-hydroxylation sites is 1. The Kier molecular flexibility index (Phi) is 6.39. The summed E-state index contributed by atoms with van der Waals surface area (Å²) in [5.74, 6) is 0.765. The van der Waals surface area contributed by atoms with Crippen molar-refractivity contribution in [1.29, 1.82) is 0 Å². The van der Waals surface area contributed by atoms with Crippen molar-refractivity contribution >= 4 is 11.4 Å². The van der Waals surface area contributed by atoms with Crippen molar-refractivity contribution in [3.8, 4) is 5.75 Å². The molecule has 1 saturated carbocycles. The molecule has 1 fully saturated rings. The highest BCUT2D eigenvalue weighted by molar-refractivity contribution is 5.64. The Hall–Kier alpha value is -2.89. The lowest BCUT2D eigenvalue weighted by Crippen LogP contribution is -2.16. The summed E-state index contributed by atoms with van der Waals surface area (Å²) in [5.41, 5.74) is 3.34. The Morgan fingerprint density at radius 3 is 2.41 bits per heavy atom. The molecular weight excluding hydrogens is 364 g/mol. The van der Waals surface area contributed by atoms with Crippen LogP contribution in [0.3, 0.4) is 0 Å². The molecule has 5 nitrogen and oxygen atoms in total. The number of hydrogen-bond donors (Lipinski definition) is 1. The van der Waals surface area contributed by atoms with Gasteiger partial charge in [0.05, 0.1) is 12.2 Å². The van der Waals surface area contributed by atoms with Gasteiger partial charge in [-0.15, -0.1) is 0 Å². The van der Waals surface area contributed by atoms with Crippen LogP contribution in [0.2, 0.25) is 0 Å². The summed E-state index contributed by atoms with van der Waals surface area (Å²) in [6, 6.07) is 22.4. The molecule has 1 aliphatic carbocycles. The van der Waals surface area contributed by atoms with Crippen LogP contribution in [0, 0.1) is 0 Å². The van der Waals surface area contributed by atoms with Gasteiger partial charge in [-0.25, -0.2) is 0 Å². The summed E-state index contributed by atoms with van der Waals surface area (Å²) in [6.45, 7) is 0.931. The summed E-state index contributed by atoms with van der Waals surface area (Å²) in [5, 5.41) is 9.57. The minimum absolute atomic E-state index is 0.0947. The molecular formula is C24H26N2O3. The first kappa shape index (κ1) is 19.4. The van der Waals surface area contributed by atoms with E-state index in [9.17, 15) is 5.11 Å². The van der Waals surface area contributed by atoms with Gasteiger partial charge in [-0.1, -0.05) is 24.3 Å². The van der Waals surface area contributed by atoms with E-state index in [2.05, 4.69) is 40.2 Å². The Labute approximate surface area is 171 Å². The predicted octanol–water partition coefficient (Wildman–Crippen LogP) is 4.69. The molecule has 0 spiro atoms. The third kappa shape index (κ3) is 5.34. The molecule has 2 unspecified atom stereocenters. The van der Waals surface area contributed by atoms with Gasteiger partial charge < -0.3 is 19.5 Å². The zero-order valence-electron chi connectivity index (χ0n) is 16.4. The molecule has 29 heavy (non-hydrogen) atoms. The van der Waals surface area contributed by atoms with Crippen molar-refractivity contribution in [3.63, 3.8) is 0 Å². The molecule has 4 rings (SSSR count). The molecule has 3 aromatic rings. The average Bonchev–Trinajstić information content (AvgIpc) is 3.19. The number of ether oxygens (including phenoxy) is 2. The molecule has 2 atom stereocenters. The molecule has 0 bridgehead atoms. The van der Waals surface area contributed by atoms with Gasteiger partial charge in [-0.05, 0) is 67.3 Å². The minimum Gasteiger partial charge on any atom is -0.468 e. The number of benzene rings is 2. The quantitative estimate of drug-likeness (QED) is 0.566. The predicted molar refractivity (Wildman–Crippen MR) is 113 cm³/mol. The summed E-state index contributed by atoms with van der Waals surface area (Å²) < 4.78 is 11.4. The molecule has 5 heteroatoms. The van der Waals surface area contributed by atoms with Crippen LogP contribution in [-0.4, -0.2) is 29.1 Å². The third-order valence-electron chi connectivity index (χ3n) is 5.17. The highest BCUT2D eigenvalue weighted by atomic mass is 16.7. The van der Waals surface area contributed by atoms with Gasteiger partial charge in [-0.3, -0.25) is 4.98 Å². The molecule has 1 aliphatic rings. The van der Waals surface area contributed by atoms with Crippen LogP contribution >= 0.6 is 0 Å². The van der Waals surface area contributed by atoms with Crippen LogP contribution in [0.1, 0.15) is 24.8 Å². The van der Waals surface area contributed by atoms with E-state index >= 15 is 0 Å². The fraction of sp³-hybridized carbons (Fsp3) is 0.292. The van der Waals surface area contributed by atoms with Crippen molar-refractivity contribution in [2.24, 2.45) is 0 Å². The molecule has 0 amide bonds. The van der Waals surface area contributed by atoms with E-state index in [1.54, 1.807) is 6.20 Å². The molecule has 0 aliphatic heterocycles. The van der Waals surface area contributed by atoms with Gasteiger partial charge in [0.25, 0.3) is 0 Å². The van der Waals surface area contributed by atoms with Gasteiger partial charge >= 0.3 is 0 Å². The lowest BCUT2D eigenvalue weighted by Gasteiger charge is -2.25. The lowest BCUT2D eigenvalue weighted by molar-refractivity contribution is -0.0367. The van der Waals surface area contributed by atoms with Crippen molar-refractivity contribution < 1.29 is 14.6 Å². The van der Waals surface area contributed by atoms with Crippen molar-refractivity contribution in [3.05, 3.63) is 84.7 Å². The number of pyridine rings is 1. The molecule has 0 saturated heterocycles. The van der Waals surface area contributed by atoms with Crippen molar-refractivity contribution in [1.82, 2.24) is 4.98 Å². The monoisotopic (exact) mass is 390 g/mol. The summed E-state index contributed by atoms with van der Waals surface area (Å²) in [4.78, 5) is 6.48. The highest BCUT2D eigenvalue weighted by Crippen LogP contribution is 2.29. The summed E-state index contributed by atoms with van der Waals surface area (Å²) in [7, 11) is 0. The zero-order valence-corrected chi connectivity index (χ0v) is 16.4. The van der Waals surface area contributed by atoms with E-state index in [4.69, 9.17) is 9.47 Å².